The molecule has 19 heavy (non-hydrogen) atoms. The Hall–Kier alpha value is -1.67. The summed E-state index contributed by atoms with van der Waals surface area (Å²) >= 11 is 1.80. The van der Waals surface area contributed by atoms with Crippen LogP contribution in [0.25, 0.3) is 0 Å². The summed E-state index contributed by atoms with van der Waals surface area (Å²) in [5, 5.41) is 11.8. The predicted molar refractivity (Wildman–Crippen MR) is 75.1 cm³/mol. The van der Waals surface area contributed by atoms with Gasteiger partial charge in [-0.05, 0) is 31.2 Å². The number of nitrogens with one attached hydrogen (secondary N) is 1. The summed E-state index contributed by atoms with van der Waals surface area (Å²) in [6.45, 7) is 0.638. The average Bonchev–Trinajstić information content (AvgIpc) is 3.24. The third-order valence-electron chi connectivity index (χ3n) is 3.21. The summed E-state index contributed by atoms with van der Waals surface area (Å²) in [5.74, 6) is 0.305. The van der Waals surface area contributed by atoms with Gasteiger partial charge in [-0.15, -0.1) is 0 Å². The second kappa shape index (κ2) is 5.98. The van der Waals surface area contributed by atoms with Crippen LogP contribution >= 0.6 is 11.8 Å². The molecule has 2 rings (SSSR count). The molecule has 4 nitrogen and oxygen atoms in total. The number of amides is 1. The van der Waals surface area contributed by atoms with E-state index in [1.54, 1.807) is 36.0 Å². The van der Waals surface area contributed by atoms with E-state index in [1.165, 1.54) is 0 Å². The van der Waals surface area contributed by atoms with Gasteiger partial charge >= 0.3 is 0 Å². The van der Waals surface area contributed by atoms with Gasteiger partial charge in [0.1, 0.15) is 11.8 Å². The maximum Gasteiger partial charge on any atom is 0.257 e. The van der Waals surface area contributed by atoms with Crippen molar-refractivity contribution >= 4 is 17.7 Å². The fourth-order valence-electron chi connectivity index (χ4n) is 1.73. The highest BCUT2D eigenvalue weighted by atomic mass is 32.2. The number of hydrogen-bond acceptors (Lipinski definition) is 4. The van der Waals surface area contributed by atoms with Gasteiger partial charge in [-0.1, -0.05) is 12.1 Å². The molecule has 1 saturated carbocycles. The van der Waals surface area contributed by atoms with Crippen molar-refractivity contribution in [2.24, 2.45) is 0 Å². The molecule has 1 aliphatic carbocycles. The Morgan fingerprint density at radius 1 is 1.53 bits per heavy atom. The molecule has 0 heterocycles. The van der Waals surface area contributed by atoms with E-state index >= 15 is 0 Å². The normalized spacial score (nSPS) is 15.4. The first-order valence-corrected chi connectivity index (χ1v) is 7.35. The van der Waals surface area contributed by atoms with Crippen molar-refractivity contribution in [2.75, 3.05) is 19.4 Å². The molecule has 0 saturated heterocycles. The Kier molecular flexibility index (Phi) is 4.33. The molecule has 1 aromatic carbocycles. The zero-order valence-corrected chi connectivity index (χ0v) is 11.6. The van der Waals surface area contributed by atoms with Crippen LogP contribution in [0.3, 0.4) is 0 Å². The molecular formula is C14H16N2O2S. The van der Waals surface area contributed by atoms with E-state index in [1.807, 2.05) is 6.07 Å². The molecule has 0 atom stereocenters. The lowest BCUT2D eigenvalue weighted by Crippen LogP contribution is -2.35. The van der Waals surface area contributed by atoms with Gasteiger partial charge in [0.25, 0.3) is 5.91 Å². The van der Waals surface area contributed by atoms with Gasteiger partial charge in [-0.25, -0.2) is 0 Å². The Morgan fingerprint density at radius 3 is 2.89 bits per heavy atom. The van der Waals surface area contributed by atoms with Crippen molar-refractivity contribution in [3.8, 4) is 11.8 Å². The van der Waals surface area contributed by atoms with Gasteiger partial charge in [0.15, 0.2) is 6.61 Å². The minimum absolute atomic E-state index is 0.0524. The van der Waals surface area contributed by atoms with Crippen molar-refractivity contribution in [2.45, 2.75) is 17.6 Å². The number of thioether (sulfide) groups is 1. The van der Waals surface area contributed by atoms with Gasteiger partial charge in [0, 0.05) is 11.3 Å². The molecule has 1 N–H and O–H groups in total. The van der Waals surface area contributed by atoms with E-state index in [2.05, 4.69) is 11.6 Å². The number of nitrogens with zero attached hydrogens (tertiary/aromatic N) is 1. The number of carbonyl (C=O) groups excluding carboxylic acids is 1. The van der Waals surface area contributed by atoms with Gasteiger partial charge in [0.05, 0.1) is 5.56 Å². The quantitative estimate of drug-likeness (QED) is 0.862. The van der Waals surface area contributed by atoms with Crippen LogP contribution in [0.2, 0.25) is 0 Å². The summed E-state index contributed by atoms with van der Waals surface area (Å²) in [6.07, 6.45) is 4.39. The molecule has 0 aliphatic heterocycles. The molecule has 0 spiro atoms. The average molecular weight is 276 g/mol. The molecule has 0 bridgehead atoms. The van der Waals surface area contributed by atoms with E-state index in [-0.39, 0.29) is 17.3 Å². The monoisotopic (exact) mass is 276 g/mol. The smallest absolute Gasteiger partial charge is 0.257 e. The highest BCUT2D eigenvalue weighted by Gasteiger charge is 2.41. The van der Waals surface area contributed by atoms with Crippen LogP contribution in [-0.4, -0.2) is 30.1 Å². The summed E-state index contributed by atoms with van der Waals surface area (Å²) in [5.41, 5.74) is 0.443. The highest BCUT2D eigenvalue weighted by molar-refractivity contribution is 8.00. The number of nitriles is 1. The van der Waals surface area contributed by atoms with Crippen molar-refractivity contribution < 1.29 is 9.53 Å². The predicted octanol–water partition coefficient (Wildman–Crippen LogP) is 1.95. The minimum Gasteiger partial charge on any atom is -0.482 e. The van der Waals surface area contributed by atoms with Gasteiger partial charge in [0.2, 0.25) is 0 Å². The Morgan fingerprint density at radius 2 is 2.26 bits per heavy atom. The standard InChI is InChI=1S/C14H16N2O2S/c1-19-14(6-7-14)10-16-13(17)9-18-12-5-3-2-4-11(12)8-15/h2-5H,6-7,9-10H2,1H3,(H,16,17). The summed E-state index contributed by atoms with van der Waals surface area (Å²) in [6, 6.07) is 8.94. The largest absolute Gasteiger partial charge is 0.482 e. The molecule has 100 valence electrons. The Bertz CT molecular complexity index is 506. The number of ether oxygens (including phenoxy) is 1. The molecule has 1 amide bonds. The maximum absolute atomic E-state index is 11.7. The third kappa shape index (κ3) is 3.65. The second-order valence-electron chi connectivity index (χ2n) is 4.56. The van der Waals surface area contributed by atoms with E-state index in [9.17, 15) is 4.79 Å². The van der Waals surface area contributed by atoms with E-state index in [0.717, 1.165) is 12.8 Å². The molecule has 5 heteroatoms. The number of benzene rings is 1. The van der Waals surface area contributed by atoms with Crippen LogP contribution in [0.4, 0.5) is 0 Å². The summed E-state index contributed by atoms with van der Waals surface area (Å²) in [4.78, 5) is 11.7. The van der Waals surface area contributed by atoms with Crippen LogP contribution < -0.4 is 10.1 Å². The third-order valence-corrected chi connectivity index (χ3v) is 4.63. The zero-order chi connectivity index (χ0) is 13.7. The van der Waals surface area contributed by atoms with Crippen molar-refractivity contribution in [1.82, 2.24) is 5.32 Å². The van der Waals surface area contributed by atoms with Crippen LogP contribution in [0.1, 0.15) is 18.4 Å². The molecular weight excluding hydrogens is 260 g/mol. The number of hydrogen-bond donors (Lipinski definition) is 1. The first-order chi connectivity index (χ1) is 9.19. The van der Waals surface area contributed by atoms with Crippen LogP contribution in [0.5, 0.6) is 5.75 Å². The van der Waals surface area contributed by atoms with Gasteiger partial charge in [-0.3, -0.25) is 4.79 Å². The van der Waals surface area contributed by atoms with Crippen molar-refractivity contribution in [3.63, 3.8) is 0 Å². The van der Waals surface area contributed by atoms with Gasteiger partial charge in [-0.2, -0.15) is 17.0 Å². The number of carbonyl (C=O) groups is 1. The molecule has 1 fully saturated rings. The first kappa shape index (κ1) is 13.8. The van der Waals surface area contributed by atoms with E-state index in [4.69, 9.17) is 10.00 Å². The summed E-state index contributed by atoms with van der Waals surface area (Å²) < 4.78 is 5.62. The maximum atomic E-state index is 11.7. The number of para-hydroxylation sites is 1. The van der Waals surface area contributed by atoms with Crippen LogP contribution in [0, 0.1) is 11.3 Å². The SMILES string of the molecule is CSC1(CNC(=O)COc2ccccc2C#N)CC1. The molecule has 0 aromatic heterocycles. The fourth-order valence-corrected chi connectivity index (χ4v) is 2.46. The van der Waals surface area contributed by atoms with E-state index < -0.39 is 0 Å². The Labute approximate surface area is 117 Å². The van der Waals surface area contributed by atoms with Crippen LogP contribution in [0.15, 0.2) is 24.3 Å². The van der Waals surface area contributed by atoms with E-state index in [0.29, 0.717) is 17.9 Å². The topological polar surface area (TPSA) is 62.1 Å². The minimum atomic E-state index is -0.145. The highest BCUT2D eigenvalue weighted by Crippen LogP contribution is 2.46. The number of rotatable bonds is 6. The lowest BCUT2D eigenvalue weighted by atomic mass is 10.2. The molecule has 0 radical (unpaired) electrons. The molecule has 1 aromatic rings. The molecule has 0 unspecified atom stereocenters. The Balaban J connectivity index is 1.79. The first-order valence-electron chi connectivity index (χ1n) is 6.13. The lowest BCUT2D eigenvalue weighted by Gasteiger charge is -2.13. The lowest BCUT2D eigenvalue weighted by molar-refractivity contribution is -0.123. The fraction of sp³-hybridized carbons (Fsp3) is 0.429. The summed E-state index contributed by atoms with van der Waals surface area (Å²) in [7, 11) is 0. The van der Waals surface area contributed by atoms with Crippen LogP contribution in [-0.2, 0) is 4.79 Å². The van der Waals surface area contributed by atoms with Gasteiger partial charge < -0.3 is 10.1 Å². The van der Waals surface area contributed by atoms with Crippen molar-refractivity contribution in [3.05, 3.63) is 29.8 Å². The molecule has 1 aliphatic rings. The zero-order valence-electron chi connectivity index (χ0n) is 10.8. The van der Waals surface area contributed by atoms with Crippen molar-refractivity contribution in [1.29, 1.82) is 5.26 Å². The second-order valence-corrected chi connectivity index (χ2v) is 5.83.